The van der Waals surface area contributed by atoms with Gasteiger partial charge in [-0.25, -0.2) is 4.99 Å². The molecule has 1 aliphatic heterocycles. The molecular formula is C19H16NO5S-. The third kappa shape index (κ3) is 4.50. The van der Waals surface area contributed by atoms with Crippen LogP contribution in [-0.2, 0) is 17.8 Å². The normalized spacial score (nSPS) is 16.4. The molecule has 0 radical (unpaired) electrons. The molecule has 0 aliphatic carbocycles. The standard InChI is InChI=1S/C19H17NO5S/c21-10-13-2-1-3-14(8-13)16(22)11-25-15-6-4-12(5-7-15)9-17-18(23)20-19(24)26-17/h1-8,17,21H,9-11H2,(H,20,23,24)/p-1. The van der Waals surface area contributed by atoms with E-state index < -0.39 is 16.4 Å². The van der Waals surface area contributed by atoms with Crippen molar-refractivity contribution in [2.24, 2.45) is 4.99 Å². The van der Waals surface area contributed by atoms with Gasteiger partial charge in [-0.1, -0.05) is 30.3 Å². The van der Waals surface area contributed by atoms with E-state index in [-0.39, 0.29) is 19.0 Å². The maximum Gasteiger partial charge on any atom is 0.259 e. The molecule has 1 unspecified atom stereocenters. The first-order chi connectivity index (χ1) is 12.5. The van der Waals surface area contributed by atoms with Crippen molar-refractivity contribution in [1.82, 2.24) is 0 Å². The van der Waals surface area contributed by atoms with Gasteiger partial charge in [0.05, 0.1) is 11.9 Å². The summed E-state index contributed by atoms with van der Waals surface area (Å²) in [6.45, 7) is -0.233. The van der Waals surface area contributed by atoms with E-state index in [0.717, 1.165) is 17.3 Å². The minimum atomic E-state index is -0.463. The van der Waals surface area contributed by atoms with Gasteiger partial charge >= 0.3 is 0 Å². The second-order valence-corrected chi connectivity index (χ2v) is 6.89. The summed E-state index contributed by atoms with van der Waals surface area (Å²) >= 11 is 0.939. The van der Waals surface area contributed by atoms with Crippen LogP contribution in [0.25, 0.3) is 0 Å². The van der Waals surface area contributed by atoms with Crippen LogP contribution in [0.1, 0.15) is 21.5 Å². The van der Waals surface area contributed by atoms with Crippen molar-refractivity contribution in [3.8, 4) is 5.75 Å². The number of hydrogen-bond donors (Lipinski definition) is 1. The predicted octanol–water partition coefficient (Wildman–Crippen LogP) is 1.34. The summed E-state index contributed by atoms with van der Waals surface area (Å²) in [5.74, 6) is -0.0416. The number of aliphatic hydroxyl groups is 1. The Labute approximate surface area is 154 Å². The van der Waals surface area contributed by atoms with Crippen molar-refractivity contribution in [2.45, 2.75) is 18.3 Å². The van der Waals surface area contributed by atoms with Crippen LogP contribution in [0.4, 0.5) is 0 Å². The van der Waals surface area contributed by atoms with Gasteiger partial charge < -0.3 is 14.9 Å². The largest absolute Gasteiger partial charge is 0.854 e. The number of ether oxygens (including phenoxy) is 1. The Morgan fingerprint density at radius 2 is 1.96 bits per heavy atom. The topological polar surface area (TPSA) is 99.0 Å². The molecule has 134 valence electrons. The fourth-order valence-electron chi connectivity index (χ4n) is 2.50. The summed E-state index contributed by atoms with van der Waals surface area (Å²) in [5, 5.41) is 19.3. The number of rotatable bonds is 7. The number of aliphatic imine (C=N–C) groups is 1. The van der Waals surface area contributed by atoms with Crippen LogP contribution in [-0.4, -0.2) is 33.9 Å². The first-order valence-corrected chi connectivity index (χ1v) is 8.84. The SMILES string of the molecule is O=C(COc1ccc(CC2SC([O-])=NC2=O)cc1)c1cccc(CO)c1. The Morgan fingerprint density at radius 3 is 2.62 bits per heavy atom. The molecule has 1 heterocycles. The molecule has 0 aromatic heterocycles. The van der Waals surface area contributed by atoms with Crippen molar-refractivity contribution in [3.63, 3.8) is 0 Å². The number of amides is 1. The van der Waals surface area contributed by atoms with Gasteiger partial charge in [0.1, 0.15) is 5.75 Å². The summed E-state index contributed by atoms with van der Waals surface area (Å²) in [6, 6.07) is 13.8. The number of hydrogen-bond acceptors (Lipinski definition) is 6. The van der Waals surface area contributed by atoms with Crippen LogP contribution >= 0.6 is 11.8 Å². The van der Waals surface area contributed by atoms with Crippen LogP contribution in [0, 0.1) is 0 Å². The van der Waals surface area contributed by atoms with Gasteiger partial charge in [-0.15, -0.1) is 11.8 Å². The zero-order valence-corrected chi connectivity index (χ0v) is 14.6. The molecule has 2 aromatic carbocycles. The van der Waals surface area contributed by atoms with Crippen LogP contribution in [0.2, 0.25) is 0 Å². The Morgan fingerprint density at radius 1 is 1.19 bits per heavy atom. The highest BCUT2D eigenvalue weighted by molar-refractivity contribution is 8.14. The van der Waals surface area contributed by atoms with Crippen molar-refractivity contribution in [3.05, 3.63) is 65.2 Å². The first kappa shape index (κ1) is 18.2. The number of aliphatic hydroxyl groups excluding tert-OH is 1. The second-order valence-electron chi connectivity index (χ2n) is 5.74. The summed E-state index contributed by atoms with van der Waals surface area (Å²) in [5.41, 5.74) is 2.04. The van der Waals surface area contributed by atoms with Crippen molar-refractivity contribution in [1.29, 1.82) is 0 Å². The lowest BCUT2D eigenvalue weighted by atomic mass is 10.1. The molecule has 0 saturated heterocycles. The quantitative estimate of drug-likeness (QED) is 0.739. The highest BCUT2D eigenvalue weighted by Gasteiger charge is 2.24. The summed E-state index contributed by atoms with van der Waals surface area (Å²) in [4.78, 5) is 27.1. The molecule has 0 fully saturated rings. The fourth-order valence-corrected chi connectivity index (χ4v) is 3.32. The fraction of sp³-hybridized carbons (Fsp3) is 0.211. The number of benzene rings is 2. The summed E-state index contributed by atoms with van der Waals surface area (Å²) in [7, 11) is 0. The Bertz CT molecular complexity index is 847. The average Bonchev–Trinajstić information content (AvgIpc) is 2.97. The van der Waals surface area contributed by atoms with Crippen LogP contribution in [0.15, 0.2) is 53.5 Å². The Balaban J connectivity index is 1.54. The zero-order valence-electron chi connectivity index (χ0n) is 13.8. The molecule has 1 aliphatic rings. The lowest BCUT2D eigenvalue weighted by molar-refractivity contribution is -0.205. The molecule has 1 atom stereocenters. The van der Waals surface area contributed by atoms with Gasteiger partial charge in [0.15, 0.2) is 12.4 Å². The van der Waals surface area contributed by atoms with E-state index in [1.165, 1.54) is 0 Å². The van der Waals surface area contributed by atoms with E-state index in [1.54, 1.807) is 48.5 Å². The van der Waals surface area contributed by atoms with E-state index in [4.69, 9.17) is 9.84 Å². The lowest BCUT2D eigenvalue weighted by Crippen LogP contribution is -2.15. The van der Waals surface area contributed by atoms with Crippen LogP contribution in [0.3, 0.4) is 0 Å². The maximum atomic E-state index is 12.2. The van der Waals surface area contributed by atoms with E-state index in [0.29, 0.717) is 23.3 Å². The number of nitrogens with zero attached hydrogens (tertiary/aromatic N) is 1. The van der Waals surface area contributed by atoms with Gasteiger partial charge in [0.2, 0.25) is 0 Å². The highest BCUT2D eigenvalue weighted by atomic mass is 32.2. The molecule has 0 bridgehead atoms. The van der Waals surface area contributed by atoms with Crippen molar-refractivity contribution >= 4 is 28.7 Å². The lowest BCUT2D eigenvalue weighted by Gasteiger charge is -2.10. The molecule has 6 nitrogen and oxygen atoms in total. The van der Waals surface area contributed by atoms with Gasteiger partial charge in [0, 0.05) is 10.8 Å². The monoisotopic (exact) mass is 370 g/mol. The molecular weight excluding hydrogens is 354 g/mol. The third-order valence-electron chi connectivity index (χ3n) is 3.87. The average molecular weight is 370 g/mol. The minimum Gasteiger partial charge on any atom is -0.854 e. The smallest absolute Gasteiger partial charge is 0.259 e. The molecule has 1 amide bonds. The van der Waals surface area contributed by atoms with Gasteiger partial charge in [0.25, 0.3) is 5.91 Å². The molecule has 3 rings (SSSR count). The zero-order chi connectivity index (χ0) is 18.5. The Hall–Kier alpha value is -2.64. The van der Waals surface area contributed by atoms with E-state index in [1.807, 2.05) is 0 Å². The van der Waals surface area contributed by atoms with Crippen LogP contribution in [0.5, 0.6) is 5.75 Å². The van der Waals surface area contributed by atoms with Gasteiger partial charge in [-0.2, -0.15) is 0 Å². The van der Waals surface area contributed by atoms with E-state index in [9.17, 15) is 14.7 Å². The van der Waals surface area contributed by atoms with E-state index in [2.05, 4.69) is 4.99 Å². The molecule has 2 aromatic rings. The van der Waals surface area contributed by atoms with Crippen molar-refractivity contribution in [2.75, 3.05) is 6.61 Å². The summed E-state index contributed by atoms with van der Waals surface area (Å²) in [6.07, 6.45) is 0.423. The van der Waals surface area contributed by atoms with Crippen molar-refractivity contribution < 1.29 is 24.5 Å². The molecule has 26 heavy (non-hydrogen) atoms. The maximum absolute atomic E-state index is 12.2. The number of Topliss-reactive ketones (excluding diaryl/α,β-unsaturated/α-hetero) is 1. The number of carbonyl (C=O) groups is 2. The first-order valence-electron chi connectivity index (χ1n) is 7.96. The van der Waals surface area contributed by atoms with E-state index >= 15 is 0 Å². The molecule has 0 saturated carbocycles. The molecule has 0 spiro atoms. The third-order valence-corrected chi connectivity index (χ3v) is 4.81. The molecule has 1 N–H and O–H groups in total. The summed E-state index contributed by atoms with van der Waals surface area (Å²) < 4.78 is 5.50. The second kappa shape index (κ2) is 8.16. The number of thioether (sulfide) groups is 1. The van der Waals surface area contributed by atoms with Crippen LogP contribution < -0.4 is 9.84 Å². The van der Waals surface area contributed by atoms with Gasteiger partial charge in [-0.3, -0.25) is 9.59 Å². The van der Waals surface area contributed by atoms with Gasteiger partial charge in [-0.05, 0) is 35.7 Å². The molecule has 7 heteroatoms. The Kier molecular flexibility index (Phi) is 5.70. The number of ketones is 1. The highest BCUT2D eigenvalue weighted by Crippen LogP contribution is 2.24. The predicted molar refractivity (Wildman–Crippen MR) is 96.2 cm³/mol. The minimum absolute atomic E-state index is 0.113. The number of carbonyl (C=O) groups excluding carboxylic acids is 2.